The van der Waals surface area contributed by atoms with Crippen LogP contribution >= 0.6 is 0 Å². The summed E-state index contributed by atoms with van der Waals surface area (Å²) in [5, 5.41) is 16.3. The Morgan fingerprint density at radius 2 is 2.12 bits per heavy atom. The molecule has 0 unspecified atom stereocenters. The van der Waals surface area contributed by atoms with Gasteiger partial charge in [-0.15, -0.1) is 5.10 Å². The van der Waals surface area contributed by atoms with Crippen molar-refractivity contribution in [1.82, 2.24) is 19.9 Å². The number of carboxylic acid groups (broad SMARTS) is 1. The van der Waals surface area contributed by atoms with Crippen LogP contribution in [0, 0.1) is 0 Å². The maximum absolute atomic E-state index is 12.0. The van der Waals surface area contributed by atoms with E-state index in [1.54, 1.807) is 13.1 Å². The summed E-state index contributed by atoms with van der Waals surface area (Å²) in [6.45, 7) is 5.05. The predicted octanol–water partition coefficient (Wildman–Crippen LogP) is -0.0102. The number of carbonyl (C=O) groups is 2. The number of carboxylic acids is 1. The molecule has 0 bridgehead atoms. The van der Waals surface area contributed by atoms with E-state index in [-0.39, 0.29) is 12.5 Å². The fraction of sp³-hybridized carbons (Fsp3) is 0.600. The number of likely N-dealkylation sites (N-methyl/N-ethyl adjacent to an activating group) is 1. The van der Waals surface area contributed by atoms with E-state index in [0.717, 1.165) is 0 Å². The van der Waals surface area contributed by atoms with E-state index < -0.39 is 11.5 Å². The lowest BCUT2D eigenvalue weighted by atomic mass is 10.0. The maximum atomic E-state index is 12.0. The lowest BCUT2D eigenvalue weighted by Gasteiger charge is -2.34. The van der Waals surface area contributed by atoms with E-state index in [1.807, 2.05) is 0 Å². The minimum absolute atomic E-state index is 0.00937. The van der Waals surface area contributed by atoms with Crippen LogP contribution in [0.25, 0.3) is 0 Å². The summed E-state index contributed by atoms with van der Waals surface area (Å²) in [4.78, 5) is 24.4. The van der Waals surface area contributed by atoms with Gasteiger partial charge in [0.05, 0.1) is 6.20 Å². The fourth-order valence-corrected chi connectivity index (χ4v) is 1.54. The number of hydrogen-bond acceptors (Lipinski definition) is 4. The summed E-state index contributed by atoms with van der Waals surface area (Å²) in [5.74, 6) is -1.34. The lowest BCUT2D eigenvalue weighted by Crippen LogP contribution is -2.53. The highest BCUT2D eigenvalue weighted by Gasteiger charge is 2.36. The zero-order valence-corrected chi connectivity index (χ0v) is 10.1. The van der Waals surface area contributed by atoms with Gasteiger partial charge in [-0.3, -0.25) is 4.79 Å². The Labute approximate surface area is 99.0 Å². The largest absolute Gasteiger partial charge is 0.480 e. The molecule has 17 heavy (non-hydrogen) atoms. The molecule has 94 valence electrons. The second kappa shape index (κ2) is 4.94. The summed E-state index contributed by atoms with van der Waals surface area (Å²) in [6.07, 6.45) is 3.02. The molecule has 0 saturated carbocycles. The summed E-state index contributed by atoms with van der Waals surface area (Å²) in [7, 11) is 0. The van der Waals surface area contributed by atoms with Crippen molar-refractivity contribution in [2.24, 2.45) is 0 Å². The maximum Gasteiger partial charge on any atom is 0.329 e. The Morgan fingerprint density at radius 3 is 2.53 bits per heavy atom. The third-order valence-corrected chi connectivity index (χ3v) is 2.58. The molecule has 0 aliphatic heterocycles. The molecule has 7 nitrogen and oxygen atoms in total. The molecular weight excluding hydrogens is 224 g/mol. The Kier molecular flexibility index (Phi) is 3.82. The zero-order chi connectivity index (χ0) is 13.1. The summed E-state index contributed by atoms with van der Waals surface area (Å²) in [6, 6.07) is 0. The van der Waals surface area contributed by atoms with Crippen molar-refractivity contribution in [1.29, 1.82) is 0 Å². The number of hydrogen-bond donors (Lipinski definition) is 1. The Morgan fingerprint density at radius 1 is 1.47 bits per heavy atom. The van der Waals surface area contributed by atoms with E-state index in [9.17, 15) is 9.59 Å². The molecule has 0 aliphatic carbocycles. The third-order valence-electron chi connectivity index (χ3n) is 2.58. The van der Waals surface area contributed by atoms with Crippen molar-refractivity contribution < 1.29 is 14.7 Å². The number of aromatic nitrogens is 3. The number of nitrogens with zero attached hydrogens (tertiary/aromatic N) is 4. The van der Waals surface area contributed by atoms with Gasteiger partial charge in [0.2, 0.25) is 5.91 Å². The van der Waals surface area contributed by atoms with Crippen LogP contribution < -0.4 is 0 Å². The van der Waals surface area contributed by atoms with Gasteiger partial charge in [0, 0.05) is 12.7 Å². The number of amides is 1. The van der Waals surface area contributed by atoms with Crippen LogP contribution in [0.4, 0.5) is 0 Å². The molecule has 1 heterocycles. The van der Waals surface area contributed by atoms with E-state index in [1.165, 1.54) is 29.6 Å². The standard InChI is InChI=1S/C10H16N4O3/c1-4-14(10(2,3)9(16)17)8(15)7-13-6-5-11-12-13/h5-6H,4,7H2,1-3H3,(H,16,17). The first-order valence-corrected chi connectivity index (χ1v) is 5.27. The monoisotopic (exact) mass is 240 g/mol. The molecule has 1 N–H and O–H groups in total. The zero-order valence-electron chi connectivity index (χ0n) is 10.1. The Balaban J connectivity index is 2.81. The molecule has 1 aromatic rings. The average molecular weight is 240 g/mol. The second-order valence-electron chi connectivity index (χ2n) is 4.10. The third kappa shape index (κ3) is 2.80. The molecule has 0 aromatic carbocycles. The van der Waals surface area contributed by atoms with Gasteiger partial charge in [-0.25, -0.2) is 9.48 Å². The minimum Gasteiger partial charge on any atom is -0.480 e. The van der Waals surface area contributed by atoms with Gasteiger partial charge in [-0.2, -0.15) is 0 Å². The lowest BCUT2D eigenvalue weighted by molar-refractivity contribution is -0.157. The van der Waals surface area contributed by atoms with Gasteiger partial charge in [0.25, 0.3) is 0 Å². The molecule has 0 radical (unpaired) electrons. The Hall–Kier alpha value is -1.92. The highest BCUT2D eigenvalue weighted by molar-refractivity contribution is 5.86. The number of rotatable bonds is 5. The number of carbonyl (C=O) groups excluding carboxylic acids is 1. The molecular formula is C10H16N4O3. The SMILES string of the molecule is CCN(C(=O)Cn1ccnn1)C(C)(C)C(=O)O. The normalized spacial score (nSPS) is 11.2. The van der Waals surface area contributed by atoms with Crippen LogP contribution in [-0.2, 0) is 16.1 Å². The summed E-state index contributed by atoms with van der Waals surface area (Å²) < 4.78 is 1.36. The fourth-order valence-electron chi connectivity index (χ4n) is 1.54. The van der Waals surface area contributed by atoms with Gasteiger partial charge in [-0.05, 0) is 20.8 Å². The predicted molar refractivity (Wildman–Crippen MR) is 59.1 cm³/mol. The first-order chi connectivity index (χ1) is 7.89. The minimum atomic E-state index is -1.23. The van der Waals surface area contributed by atoms with Crippen molar-refractivity contribution in [3.8, 4) is 0 Å². The average Bonchev–Trinajstić information content (AvgIpc) is 2.70. The Bertz CT molecular complexity index is 400. The molecule has 7 heteroatoms. The first kappa shape index (κ1) is 13.1. The smallest absolute Gasteiger partial charge is 0.329 e. The van der Waals surface area contributed by atoms with Gasteiger partial charge >= 0.3 is 5.97 Å². The highest BCUT2D eigenvalue weighted by Crippen LogP contribution is 2.15. The van der Waals surface area contributed by atoms with Crippen LogP contribution in [0.2, 0.25) is 0 Å². The van der Waals surface area contributed by atoms with Gasteiger partial charge < -0.3 is 10.0 Å². The van der Waals surface area contributed by atoms with Crippen LogP contribution in [0.1, 0.15) is 20.8 Å². The van der Waals surface area contributed by atoms with Crippen molar-refractivity contribution in [3.63, 3.8) is 0 Å². The van der Waals surface area contributed by atoms with Crippen molar-refractivity contribution in [3.05, 3.63) is 12.4 Å². The molecule has 0 atom stereocenters. The van der Waals surface area contributed by atoms with E-state index in [2.05, 4.69) is 10.3 Å². The summed E-state index contributed by atoms with van der Waals surface area (Å²) >= 11 is 0. The number of aliphatic carboxylic acids is 1. The van der Waals surface area contributed by atoms with E-state index in [0.29, 0.717) is 6.54 Å². The van der Waals surface area contributed by atoms with E-state index >= 15 is 0 Å². The van der Waals surface area contributed by atoms with Gasteiger partial charge in [-0.1, -0.05) is 5.21 Å². The quantitative estimate of drug-likeness (QED) is 0.782. The van der Waals surface area contributed by atoms with Crippen molar-refractivity contribution in [2.45, 2.75) is 32.9 Å². The second-order valence-corrected chi connectivity index (χ2v) is 4.10. The first-order valence-electron chi connectivity index (χ1n) is 5.27. The van der Waals surface area contributed by atoms with Crippen LogP contribution in [0.3, 0.4) is 0 Å². The van der Waals surface area contributed by atoms with Crippen molar-refractivity contribution >= 4 is 11.9 Å². The van der Waals surface area contributed by atoms with Gasteiger partial charge in [0.15, 0.2) is 0 Å². The molecule has 0 spiro atoms. The molecule has 0 saturated heterocycles. The molecule has 1 aromatic heterocycles. The molecule has 1 rings (SSSR count). The van der Waals surface area contributed by atoms with Crippen molar-refractivity contribution in [2.75, 3.05) is 6.54 Å². The van der Waals surface area contributed by atoms with Crippen LogP contribution in [0.5, 0.6) is 0 Å². The topological polar surface area (TPSA) is 88.3 Å². The molecule has 1 amide bonds. The molecule has 0 fully saturated rings. The summed E-state index contributed by atoms with van der Waals surface area (Å²) in [5.41, 5.74) is -1.23. The molecule has 0 aliphatic rings. The van der Waals surface area contributed by atoms with E-state index in [4.69, 9.17) is 5.11 Å². The highest BCUT2D eigenvalue weighted by atomic mass is 16.4. The van der Waals surface area contributed by atoms with Crippen LogP contribution in [0.15, 0.2) is 12.4 Å². The van der Waals surface area contributed by atoms with Gasteiger partial charge in [0.1, 0.15) is 12.1 Å². The van der Waals surface area contributed by atoms with Crippen LogP contribution in [-0.4, -0.2) is 49.0 Å².